The highest BCUT2D eigenvalue weighted by molar-refractivity contribution is 5.96. The number of benzene rings is 1. The minimum Gasteiger partial charge on any atom is -0.497 e. The number of oxime groups is 1. The maximum absolute atomic E-state index is 12.9. The van der Waals surface area contributed by atoms with E-state index in [1.807, 2.05) is 12.1 Å². The molecule has 9 atom stereocenters. The van der Waals surface area contributed by atoms with Crippen LogP contribution in [-0.4, -0.2) is 67.1 Å². The van der Waals surface area contributed by atoms with E-state index in [9.17, 15) is 9.90 Å². The number of amides is 1. The standard InChI is InChI=1S/C40H57N3O4/c1-8-40(45)20-17-35-33-14-11-30-23-31(15-18-37(30,4)34(33)16-19-38(35,40)5)42-47-26-36(44)41-22-21-39(24-28(3)43(6)25-27(39)2)29-9-12-32(46-7)13-10-29/h1,9-10,12-13,23,27-28,33-35,45H,11,14-22,24-26H2,2-7H3,(H,41,44)/b42-31-/t27-,28+,33-,34+,35-,37+,38+,39+,40+/m1/s1. The Hall–Kier alpha value is -2.82. The molecular weight excluding hydrogens is 586 g/mol. The molecule has 1 saturated heterocycles. The summed E-state index contributed by atoms with van der Waals surface area (Å²) >= 11 is 0. The number of likely N-dealkylation sites (tertiary alicyclic amines) is 1. The number of carbonyl (C=O) groups is 1. The van der Waals surface area contributed by atoms with Gasteiger partial charge < -0.3 is 24.9 Å². The molecule has 0 radical (unpaired) electrons. The molecule has 0 bridgehead atoms. The summed E-state index contributed by atoms with van der Waals surface area (Å²) in [6.45, 7) is 10.9. The van der Waals surface area contributed by atoms with E-state index < -0.39 is 5.60 Å². The number of piperidine rings is 1. The van der Waals surface area contributed by atoms with Crippen LogP contribution in [0.25, 0.3) is 0 Å². The fraction of sp³-hybridized carbons (Fsp3) is 0.700. The van der Waals surface area contributed by atoms with Gasteiger partial charge in [0, 0.05) is 30.0 Å². The van der Waals surface area contributed by atoms with E-state index in [2.05, 4.69) is 74.2 Å². The Morgan fingerprint density at radius 3 is 2.57 bits per heavy atom. The van der Waals surface area contributed by atoms with Crippen molar-refractivity contribution in [3.63, 3.8) is 0 Å². The molecule has 1 aromatic carbocycles. The predicted octanol–water partition coefficient (Wildman–Crippen LogP) is 6.50. The maximum atomic E-state index is 12.9. The number of methoxy groups -OCH3 is 1. The van der Waals surface area contributed by atoms with Gasteiger partial charge in [0.1, 0.15) is 11.4 Å². The molecule has 0 spiro atoms. The SMILES string of the molecule is C#C[C@]1(O)CC[C@@H]2[C@@H]3CCC4=C/C(=N\OCC(=O)NCC[C@]5(c6ccc(OC)cc6)C[C@H](C)N(C)C[C@H]5C)CC[C@]4(C)[C@H]3CC[C@@]21C. The second-order valence-electron chi connectivity index (χ2n) is 16.2. The minimum atomic E-state index is -0.961. The first-order valence-corrected chi connectivity index (χ1v) is 18.1. The Kier molecular flexibility index (Phi) is 9.35. The van der Waals surface area contributed by atoms with Gasteiger partial charge in [-0.3, -0.25) is 4.79 Å². The zero-order valence-electron chi connectivity index (χ0n) is 29.6. The maximum Gasteiger partial charge on any atom is 0.260 e. The van der Waals surface area contributed by atoms with Gasteiger partial charge >= 0.3 is 0 Å². The van der Waals surface area contributed by atoms with Crippen molar-refractivity contribution < 1.29 is 19.5 Å². The lowest BCUT2D eigenvalue weighted by Crippen LogP contribution is -2.54. The number of ether oxygens (including phenoxy) is 1. The number of nitrogens with one attached hydrogen (secondary N) is 1. The molecular formula is C40H57N3O4. The highest BCUT2D eigenvalue weighted by atomic mass is 16.6. The van der Waals surface area contributed by atoms with E-state index in [0.717, 1.165) is 82.2 Å². The van der Waals surface area contributed by atoms with Gasteiger partial charge in [-0.15, -0.1) is 6.42 Å². The zero-order chi connectivity index (χ0) is 33.6. The van der Waals surface area contributed by atoms with Crippen molar-refractivity contribution in [2.24, 2.45) is 39.7 Å². The minimum absolute atomic E-state index is 0.0241. The summed E-state index contributed by atoms with van der Waals surface area (Å²) in [5, 5.41) is 18.9. The molecule has 5 aliphatic rings. The van der Waals surface area contributed by atoms with E-state index >= 15 is 0 Å². The molecule has 1 aromatic rings. The van der Waals surface area contributed by atoms with Gasteiger partial charge in [-0.25, -0.2) is 0 Å². The first-order valence-electron chi connectivity index (χ1n) is 18.1. The van der Waals surface area contributed by atoms with Crippen molar-refractivity contribution in [1.82, 2.24) is 10.2 Å². The lowest BCUT2D eigenvalue weighted by atomic mass is 9.46. The fourth-order valence-electron chi connectivity index (χ4n) is 11.0. The third-order valence-electron chi connectivity index (χ3n) is 14.2. The summed E-state index contributed by atoms with van der Waals surface area (Å²) in [4.78, 5) is 21.0. The van der Waals surface area contributed by atoms with Crippen LogP contribution in [0.15, 0.2) is 41.1 Å². The Morgan fingerprint density at radius 1 is 1.11 bits per heavy atom. The number of allylic oxidation sites excluding steroid dienone is 2. The molecule has 1 aliphatic heterocycles. The van der Waals surface area contributed by atoms with Crippen LogP contribution in [0.3, 0.4) is 0 Å². The van der Waals surface area contributed by atoms with Crippen LogP contribution in [0.5, 0.6) is 5.75 Å². The van der Waals surface area contributed by atoms with Gasteiger partial charge in [0.25, 0.3) is 5.91 Å². The van der Waals surface area contributed by atoms with Crippen molar-refractivity contribution in [2.75, 3.05) is 33.9 Å². The number of carbonyl (C=O) groups excluding carboxylic acids is 1. The van der Waals surface area contributed by atoms with Crippen LogP contribution in [0.1, 0.15) is 97.5 Å². The number of terminal acetylenes is 1. The monoisotopic (exact) mass is 643 g/mol. The summed E-state index contributed by atoms with van der Waals surface area (Å²) in [6, 6.07) is 8.95. The summed E-state index contributed by atoms with van der Waals surface area (Å²) < 4.78 is 5.42. The molecule has 4 aliphatic carbocycles. The van der Waals surface area contributed by atoms with Crippen LogP contribution in [0, 0.1) is 46.8 Å². The largest absolute Gasteiger partial charge is 0.497 e. The first-order chi connectivity index (χ1) is 22.4. The highest BCUT2D eigenvalue weighted by Crippen LogP contribution is 2.67. The number of hydrogen-bond acceptors (Lipinski definition) is 6. The second-order valence-corrected chi connectivity index (χ2v) is 16.2. The van der Waals surface area contributed by atoms with E-state index in [4.69, 9.17) is 16.0 Å². The average Bonchev–Trinajstić information content (AvgIpc) is 3.34. The van der Waals surface area contributed by atoms with Crippen molar-refractivity contribution in [1.29, 1.82) is 0 Å². The van der Waals surface area contributed by atoms with Crippen LogP contribution < -0.4 is 10.1 Å². The van der Waals surface area contributed by atoms with Gasteiger partial charge in [0.2, 0.25) is 0 Å². The molecule has 0 unspecified atom stereocenters. The molecule has 7 heteroatoms. The van der Waals surface area contributed by atoms with Crippen molar-refractivity contribution in [3.05, 3.63) is 41.5 Å². The number of hydrogen-bond donors (Lipinski definition) is 2. The summed E-state index contributed by atoms with van der Waals surface area (Å²) in [7, 11) is 3.90. The predicted molar refractivity (Wildman–Crippen MR) is 187 cm³/mol. The number of nitrogens with zero attached hydrogens (tertiary/aromatic N) is 2. The van der Waals surface area contributed by atoms with Gasteiger partial charge in [-0.05, 0) is 131 Å². The van der Waals surface area contributed by atoms with E-state index in [-0.39, 0.29) is 28.8 Å². The zero-order valence-corrected chi connectivity index (χ0v) is 29.6. The summed E-state index contributed by atoms with van der Waals surface area (Å²) in [6.07, 6.45) is 18.0. The Balaban J connectivity index is 1.04. The van der Waals surface area contributed by atoms with Gasteiger partial charge in [0.15, 0.2) is 6.61 Å². The molecule has 1 amide bonds. The number of aliphatic hydroxyl groups is 1. The molecule has 4 fully saturated rings. The molecule has 1 heterocycles. The molecule has 7 nitrogen and oxygen atoms in total. The molecule has 256 valence electrons. The lowest BCUT2D eigenvalue weighted by Gasteiger charge is -2.58. The smallest absolute Gasteiger partial charge is 0.260 e. The lowest BCUT2D eigenvalue weighted by molar-refractivity contribution is -0.125. The third kappa shape index (κ3) is 5.82. The highest BCUT2D eigenvalue weighted by Gasteiger charge is 2.63. The van der Waals surface area contributed by atoms with Gasteiger partial charge in [0.05, 0.1) is 12.8 Å². The van der Waals surface area contributed by atoms with Crippen molar-refractivity contribution in [3.8, 4) is 18.1 Å². The summed E-state index contributed by atoms with van der Waals surface area (Å²) in [5.41, 5.74) is 2.74. The van der Waals surface area contributed by atoms with Gasteiger partial charge in [-0.1, -0.05) is 49.6 Å². The van der Waals surface area contributed by atoms with Gasteiger partial charge in [-0.2, -0.15) is 0 Å². The quantitative estimate of drug-likeness (QED) is 0.250. The van der Waals surface area contributed by atoms with Crippen LogP contribution >= 0.6 is 0 Å². The Bertz CT molecular complexity index is 1430. The Labute approximate surface area is 282 Å². The topological polar surface area (TPSA) is 83.4 Å². The number of fused-ring (bicyclic) bond motifs is 5. The summed E-state index contributed by atoms with van der Waals surface area (Å²) in [5.74, 6) is 5.70. The number of rotatable bonds is 8. The van der Waals surface area contributed by atoms with Crippen molar-refractivity contribution >= 4 is 11.6 Å². The van der Waals surface area contributed by atoms with Crippen molar-refractivity contribution in [2.45, 2.75) is 109 Å². The van der Waals surface area contributed by atoms with Crippen LogP contribution in [0.4, 0.5) is 0 Å². The van der Waals surface area contributed by atoms with E-state index in [0.29, 0.717) is 36.3 Å². The molecule has 2 N–H and O–H groups in total. The average molecular weight is 644 g/mol. The third-order valence-corrected chi connectivity index (χ3v) is 14.2. The van der Waals surface area contributed by atoms with Crippen LogP contribution in [-0.2, 0) is 15.0 Å². The molecule has 3 saturated carbocycles. The van der Waals surface area contributed by atoms with Crippen LogP contribution in [0.2, 0.25) is 0 Å². The molecule has 6 rings (SSSR count). The molecule has 0 aromatic heterocycles. The molecule has 47 heavy (non-hydrogen) atoms. The fourth-order valence-corrected chi connectivity index (χ4v) is 11.0. The van der Waals surface area contributed by atoms with E-state index in [1.54, 1.807) is 7.11 Å². The normalized spacial score (nSPS) is 40.8. The van der Waals surface area contributed by atoms with E-state index in [1.165, 1.54) is 11.1 Å². The second kappa shape index (κ2) is 12.9. The first kappa shape index (κ1) is 34.1. The Morgan fingerprint density at radius 2 is 1.85 bits per heavy atom.